The van der Waals surface area contributed by atoms with E-state index in [2.05, 4.69) is 115 Å². The van der Waals surface area contributed by atoms with Crippen molar-refractivity contribution in [2.45, 2.75) is 50.7 Å². The van der Waals surface area contributed by atoms with Crippen LogP contribution in [0, 0.1) is 0 Å². The minimum Gasteiger partial charge on any atom is -0.299 e. The Balaban J connectivity index is 1.84. The molecule has 0 aliphatic carbocycles. The quantitative estimate of drug-likeness (QED) is 0.526. The molecule has 1 aliphatic rings. The van der Waals surface area contributed by atoms with Crippen LogP contribution in [0.5, 0.6) is 0 Å². The highest BCUT2D eigenvalue weighted by Crippen LogP contribution is 2.38. The summed E-state index contributed by atoms with van der Waals surface area (Å²) in [6.45, 7) is 6.93. The Morgan fingerprint density at radius 3 is 1.63 bits per heavy atom. The summed E-state index contributed by atoms with van der Waals surface area (Å²) in [6.07, 6.45) is 3.76. The van der Waals surface area contributed by atoms with Gasteiger partial charge in [-0.1, -0.05) is 97.4 Å². The molecule has 1 unspecified atom stereocenters. The van der Waals surface area contributed by atoms with E-state index in [1.165, 1.54) is 42.5 Å². The Bertz CT molecular complexity index is 793. The van der Waals surface area contributed by atoms with Gasteiger partial charge in [0.2, 0.25) is 0 Å². The summed E-state index contributed by atoms with van der Waals surface area (Å²) in [6, 6.07) is 33.9. The van der Waals surface area contributed by atoms with E-state index >= 15 is 0 Å². The van der Waals surface area contributed by atoms with Crippen molar-refractivity contribution in [2.24, 2.45) is 0 Å². The van der Waals surface area contributed by atoms with E-state index < -0.39 is 0 Å². The van der Waals surface area contributed by atoms with Crippen LogP contribution >= 0.6 is 0 Å². The normalized spacial score (nSPS) is 18.3. The maximum Gasteiger partial charge on any atom is 0.0950 e. The average molecular weight is 399 g/mol. The van der Waals surface area contributed by atoms with E-state index in [0.717, 1.165) is 6.54 Å². The van der Waals surface area contributed by atoms with Gasteiger partial charge in [-0.2, -0.15) is 0 Å². The third-order valence-electron chi connectivity index (χ3n) is 6.47. The molecule has 2 nitrogen and oxygen atoms in total. The van der Waals surface area contributed by atoms with Crippen molar-refractivity contribution in [3.8, 4) is 0 Å². The predicted molar refractivity (Wildman–Crippen MR) is 127 cm³/mol. The zero-order valence-electron chi connectivity index (χ0n) is 18.3. The standard InChI is InChI=1S/C28H34N2/c1-23(2)30-21-13-12-20-27(22-30)29-28(24-14-6-3-7-15-24,25-16-8-4-9-17-25)26-18-10-5-11-19-26/h3-11,14-19,23,27,29H,12-13,20-22H2,1-2H3. The Morgan fingerprint density at radius 1 is 0.733 bits per heavy atom. The predicted octanol–water partition coefficient (Wildman–Crippen LogP) is 5.83. The molecule has 0 bridgehead atoms. The fourth-order valence-corrected chi connectivity index (χ4v) is 4.88. The van der Waals surface area contributed by atoms with Crippen molar-refractivity contribution in [3.05, 3.63) is 108 Å². The van der Waals surface area contributed by atoms with Gasteiger partial charge in [-0.15, -0.1) is 0 Å². The van der Waals surface area contributed by atoms with E-state index in [4.69, 9.17) is 0 Å². The molecule has 0 spiro atoms. The van der Waals surface area contributed by atoms with Gasteiger partial charge in [0.25, 0.3) is 0 Å². The maximum atomic E-state index is 4.20. The molecule has 156 valence electrons. The van der Waals surface area contributed by atoms with E-state index in [1.807, 2.05) is 0 Å². The summed E-state index contributed by atoms with van der Waals surface area (Å²) in [5.41, 5.74) is 3.51. The summed E-state index contributed by atoms with van der Waals surface area (Å²) < 4.78 is 0. The fourth-order valence-electron chi connectivity index (χ4n) is 4.88. The summed E-state index contributed by atoms with van der Waals surface area (Å²) in [7, 11) is 0. The molecule has 1 fully saturated rings. The molecule has 0 amide bonds. The van der Waals surface area contributed by atoms with Gasteiger partial charge in [-0.05, 0) is 49.9 Å². The van der Waals surface area contributed by atoms with Crippen LogP contribution in [0.2, 0.25) is 0 Å². The van der Waals surface area contributed by atoms with Crippen molar-refractivity contribution in [3.63, 3.8) is 0 Å². The lowest BCUT2D eigenvalue weighted by Gasteiger charge is -2.41. The summed E-state index contributed by atoms with van der Waals surface area (Å²) in [4.78, 5) is 2.64. The Hall–Kier alpha value is -2.42. The van der Waals surface area contributed by atoms with Gasteiger partial charge in [0.05, 0.1) is 5.54 Å². The van der Waals surface area contributed by atoms with Gasteiger partial charge in [0.1, 0.15) is 0 Å². The second kappa shape index (κ2) is 9.59. The number of rotatable bonds is 6. The molecular formula is C28H34N2. The molecule has 3 aromatic rings. The van der Waals surface area contributed by atoms with Crippen LogP contribution in [0.15, 0.2) is 91.0 Å². The lowest BCUT2D eigenvalue weighted by molar-refractivity contribution is 0.201. The van der Waals surface area contributed by atoms with E-state index in [0.29, 0.717) is 12.1 Å². The Kier molecular flexibility index (Phi) is 6.66. The van der Waals surface area contributed by atoms with Crippen LogP contribution in [0.25, 0.3) is 0 Å². The van der Waals surface area contributed by atoms with Crippen LogP contribution in [0.1, 0.15) is 49.8 Å². The molecule has 0 radical (unpaired) electrons. The Labute approximate surface area is 181 Å². The lowest BCUT2D eigenvalue weighted by atomic mass is 9.76. The van der Waals surface area contributed by atoms with Gasteiger partial charge in [-0.25, -0.2) is 0 Å². The number of nitrogens with zero attached hydrogens (tertiary/aromatic N) is 1. The summed E-state index contributed by atoms with van der Waals surface area (Å²) in [5.74, 6) is 0. The zero-order valence-corrected chi connectivity index (χ0v) is 18.3. The first kappa shape index (κ1) is 20.8. The highest BCUT2D eigenvalue weighted by molar-refractivity contribution is 5.49. The zero-order chi connectivity index (χ0) is 20.8. The molecule has 0 aromatic heterocycles. The smallest absolute Gasteiger partial charge is 0.0950 e. The minimum atomic E-state index is -0.374. The highest BCUT2D eigenvalue weighted by atomic mass is 15.2. The third-order valence-corrected chi connectivity index (χ3v) is 6.47. The average Bonchev–Trinajstić information content (AvgIpc) is 3.05. The molecule has 30 heavy (non-hydrogen) atoms. The maximum absolute atomic E-state index is 4.20. The van der Waals surface area contributed by atoms with Crippen LogP contribution in [-0.2, 0) is 5.54 Å². The summed E-state index contributed by atoms with van der Waals surface area (Å²) >= 11 is 0. The minimum absolute atomic E-state index is 0.374. The first-order valence-electron chi connectivity index (χ1n) is 11.4. The molecule has 2 heteroatoms. The molecule has 1 aliphatic heterocycles. The second-order valence-corrected chi connectivity index (χ2v) is 8.77. The largest absolute Gasteiger partial charge is 0.299 e. The first-order valence-corrected chi connectivity index (χ1v) is 11.4. The highest BCUT2D eigenvalue weighted by Gasteiger charge is 2.38. The van der Waals surface area contributed by atoms with E-state index in [9.17, 15) is 0 Å². The molecular weight excluding hydrogens is 364 g/mol. The number of likely N-dealkylation sites (tertiary alicyclic amines) is 1. The number of hydrogen-bond donors (Lipinski definition) is 1. The third kappa shape index (κ3) is 4.35. The van der Waals surface area contributed by atoms with Crippen molar-refractivity contribution in [1.82, 2.24) is 10.2 Å². The number of nitrogens with one attached hydrogen (secondary N) is 1. The van der Waals surface area contributed by atoms with Crippen molar-refractivity contribution in [1.29, 1.82) is 0 Å². The van der Waals surface area contributed by atoms with Crippen LogP contribution < -0.4 is 5.32 Å². The van der Waals surface area contributed by atoms with Gasteiger partial charge in [-0.3, -0.25) is 10.2 Å². The monoisotopic (exact) mass is 398 g/mol. The molecule has 4 rings (SSSR count). The van der Waals surface area contributed by atoms with Gasteiger partial charge < -0.3 is 0 Å². The Morgan fingerprint density at radius 2 is 1.20 bits per heavy atom. The molecule has 1 N–H and O–H groups in total. The molecule has 1 heterocycles. The second-order valence-electron chi connectivity index (χ2n) is 8.77. The lowest BCUT2D eigenvalue weighted by Crippen LogP contribution is -2.53. The van der Waals surface area contributed by atoms with Crippen LogP contribution in [0.4, 0.5) is 0 Å². The fraction of sp³-hybridized carbons (Fsp3) is 0.357. The van der Waals surface area contributed by atoms with Crippen LogP contribution in [-0.4, -0.2) is 30.1 Å². The van der Waals surface area contributed by atoms with Crippen molar-refractivity contribution < 1.29 is 0 Å². The van der Waals surface area contributed by atoms with Crippen molar-refractivity contribution >= 4 is 0 Å². The number of benzene rings is 3. The molecule has 3 aromatic carbocycles. The molecule has 1 atom stereocenters. The topological polar surface area (TPSA) is 15.3 Å². The van der Waals surface area contributed by atoms with E-state index in [-0.39, 0.29) is 5.54 Å². The summed E-state index contributed by atoms with van der Waals surface area (Å²) in [5, 5.41) is 4.20. The van der Waals surface area contributed by atoms with Gasteiger partial charge >= 0.3 is 0 Å². The van der Waals surface area contributed by atoms with Crippen LogP contribution in [0.3, 0.4) is 0 Å². The number of hydrogen-bond acceptors (Lipinski definition) is 2. The van der Waals surface area contributed by atoms with E-state index in [1.54, 1.807) is 0 Å². The van der Waals surface area contributed by atoms with Gasteiger partial charge in [0, 0.05) is 18.6 Å². The first-order chi connectivity index (χ1) is 14.7. The molecule has 1 saturated heterocycles. The van der Waals surface area contributed by atoms with Crippen molar-refractivity contribution in [2.75, 3.05) is 13.1 Å². The van der Waals surface area contributed by atoms with Gasteiger partial charge in [0.15, 0.2) is 0 Å². The SMILES string of the molecule is CC(C)N1CCCCC(NC(c2ccccc2)(c2ccccc2)c2ccccc2)C1. The molecule has 0 saturated carbocycles.